The van der Waals surface area contributed by atoms with Crippen LogP contribution in [0.25, 0.3) is 0 Å². The van der Waals surface area contributed by atoms with Gasteiger partial charge in [0.15, 0.2) is 5.69 Å². The van der Waals surface area contributed by atoms with Gasteiger partial charge in [-0.3, -0.25) is 29.1 Å². The molecule has 0 saturated heterocycles. The van der Waals surface area contributed by atoms with Crippen molar-refractivity contribution in [3.63, 3.8) is 0 Å². The second-order valence-electron chi connectivity index (χ2n) is 6.62. The molecule has 3 aromatic rings. The Labute approximate surface area is 171 Å². The van der Waals surface area contributed by atoms with Crippen molar-refractivity contribution in [3.8, 4) is 0 Å². The minimum absolute atomic E-state index is 0.0153. The van der Waals surface area contributed by atoms with Crippen molar-refractivity contribution in [2.24, 2.45) is 7.05 Å². The number of hydrogen-bond donors (Lipinski definition) is 2. The Morgan fingerprint density at radius 1 is 1.30 bits per heavy atom. The number of nitrogens with zero attached hydrogens (tertiary/aromatic N) is 5. The Bertz CT molecular complexity index is 1080. The number of aromatic nitrogens is 4. The summed E-state index contributed by atoms with van der Waals surface area (Å²) in [6, 6.07) is 3.44. The molecule has 0 fully saturated rings. The Balaban J connectivity index is 1.62. The molecule has 12 nitrogen and oxygen atoms in total. The van der Waals surface area contributed by atoms with Crippen LogP contribution in [0.5, 0.6) is 0 Å². The number of carbonyl (C=O) groups excluding carboxylic acids is 2. The summed E-state index contributed by atoms with van der Waals surface area (Å²) in [6.07, 6.45) is 3.04. The molecule has 0 aromatic carbocycles. The van der Waals surface area contributed by atoms with Gasteiger partial charge in [-0.1, -0.05) is 0 Å². The predicted molar refractivity (Wildman–Crippen MR) is 105 cm³/mol. The first kappa shape index (κ1) is 20.8. The molecule has 12 heteroatoms. The second-order valence-corrected chi connectivity index (χ2v) is 6.62. The summed E-state index contributed by atoms with van der Waals surface area (Å²) in [5.41, 5.74) is 0.946. The fourth-order valence-electron chi connectivity index (χ4n) is 3.00. The highest BCUT2D eigenvalue weighted by Crippen LogP contribution is 2.22. The summed E-state index contributed by atoms with van der Waals surface area (Å²) in [5.74, 6) is -0.251. The molecule has 3 aromatic heterocycles. The average molecular weight is 415 g/mol. The summed E-state index contributed by atoms with van der Waals surface area (Å²) in [7, 11) is 1.63. The number of carbonyl (C=O) groups is 2. The van der Waals surface area contributed by atoms with Crippen molar-refractivity contribution >= 4 is 23.2 Å². The van der Waals surface area contributed by atoms with Crippen LogP contribution in [0.1, 0.15) is 34.1 Å². The zero-order valence-corrected chi connectivity index (χ0v) is 16.7. The maximum atomic E-state index is 12.4. The molecule has 3 rings (SSSR count). The summed E-state index contributed by atoms with van der Waals surface area (Å²) in [5, 5.41) is 24.6. The van der Waals surface area contributed by atoms with Gasteiger partial charge in [-0.05, 0) is 26.0 Å². The molecule has 2 amide bonds. The molecule has 2 N–H and O–H groups in total. The summed E-state index contributed by atoms with van der Waals surface area (Å²) in [4.78, 5) is 35.4. The van der Waals surface area contributed by atoms with Crippen molar-refractivity contribution in [2.45, 2.75) is 33.4 Å². The lowest BCUT2D eigenvalue weighted by molar-refractivity contribution is -0.386. The van der Waals surface area contributed by atoms with Gasteiger partial charge in [0.05, 0.1) is 30.0 Å². The Morgan fingerprint density at radius 2 is 2.07 bits per heavy atom. The van der Waals surface area contributed by atoms with E-state index in [-0.39, 0.29) is 42.5 Å². The zero-order chi connectivity index (χ0) is 21.8. The van der Waals surface area contributed by atoms with Crippen LogP contribution >= 0.6 is 0 Å². The topological polar surface area (TPSA) is 150 Å². The molecule has 0 atom stereocenters. The van der Waals surface area contributed by atoms with Gasteiger partial charge in [-0.2, -0.15) is 10.2 Å². The molecule has 0 spiro atoms. The number of anilines is 1. The van der Waals surface area contributed by atoms with Gasteiger partial charge in [-0.15, -0.1) is 0 Å². The number of rotatable bonds is 8. The number of amides is 2. The molecule has 0 bridgehead atoms. The fraction of sp³-hybridized carbons (Fsp3) is 0.333. The smallest absolute Gasteiger partial charge is 0.312 e. The molecule has 0 unspecified atom stereocenters. The monoisotopic (exact) mass is 415 g/mol. The SMILES string of the molecule is Cc1nn(CCC(=O)Nc2cn(C)nc2C(=O)NCc2ccco2)c(C)c1[N+](=O)[O-]. The summed E-state index contributed by atoms with van der Waals surface area (Å²) in [6.45, 7) is 3.47. The average Bonchev–Trinajstić information content (AvgIpc) is 3.38. The third kappa shape index (κ3) is 4.54. The van der Waals surface area contributed by atoms with Crippen molar-refractivity contribution < 1.29 is 18.9 Å². The minimum atomic E-state index is -0.489. The normalized spacial score (nSPS) is 10.8. The third-order valence-electron chi connectivity index (χ3n) is 4.40. The highest BCUT2D eigenvalue weighted by molar-refractivity contribution is 6.02. The lowest BCUT2D eigenvalue weighted by Gasteiger charge is -2.07. The standard InChI is InChI=1S/C18H21N7O5/c1-11-17(25(28)29)12(2)24(21-11)7-6-15(26)20-14-10-23(3)22-16(14)18(27)19-9-13-5-4-8-30-13/h4-5,8,10H,6-7,9H2,1-3H3,(H,19,27)(H,20,26). The largest absolute Gasteiger partial charge is 0.467 e. The number of furan rings is 1. The van der Waals surface area contributed by atoms with Crippen molar-refractivity contribution in [1.82, 2.24) is 24.9 Å². The minimum Gasteiger partial charge on any atom is -0.467 e. The van der Waals surface area contributed by atoms with E-state index in [9.17, 15) is 19.7 Å². The number of nitrogens with one attached hydrogen (secondary N) is 2. The van der Waals surface area contributed by atoms with Crippen molar-refractivity contribution in [1.29, 1.82) is 0 Å². The van der Waals surface area contributed by atoms with Crippen LogP contribution in [0, 0.1) is 24.0 Å². The van der Waals surface area contributed by atoms with E-state index < -0.39 is 10.8 Å². The van der Waals surface area contributed by atoms with Crippen LogP contribution in [0.15, 0.2) is 29.0 Å². The van der Waals surface area contributed by atoms with E-state index in [0.29, 0.717) is 17.1 Å². The lowest BCUT2D eigenvalue weighted by atomic mass is 10.3. The van der Waals surface area contributed by atoms with E-state index in [1.54, 1.807) is 33.0 Å². The molecule has 0 radical (unpaired) electrons. The van der Waals surface area contributed by atoms with Crippen LogP contribution in [-0.4, -0.2) is 36.3 Å². The van der Waals surface area contributed by atoms with Gasteiger partial charge in [-0.25, -0.2) is 0 Å². The molecular formula is C18H21N7O5. The molecule has 158 valence electrons. The molecule has 0 aliphatic heterocycles. The molecule has 0 aliphatic rings. The lowest BCUT2D eigenvalue weighted by Crippen LogP contribution is -2.25. The molecule has 3 heterocycles. The van der Waals surface area contributed by atoms with Gasteiger partial charge >= 0.3 is 5.69 Å². The van der Waals surface area contributed by atoms with Crippen molar-refractivity contribution in [2.75, 3.05) is 5.32 Å². The second kappa shape index (κ2) is 8.59. The van der Waals surface area contributed by atoms with E-state index in [2.05, 4.69) is 20.8 Å². The van der Waals surface area contributed by atoms with Crippen LogP contribution < -0.4 is 10.6 Å². The highest BCUT2D eigenvalue weighted by Gasteiger charge is 2.22. The summed E-state index contributed by atoms with van der Waals surface area (Å²) < 4.78 is 8.01. The van der Waals surface area contributed by atoms with Gasteiger partial charge in [0.25, 0.3) is 5.91 Å². The fourth-order valence-corrected chi connectivity index (χ4v) is 3.00. The van der Waals surface area contributed by atoms with Crippen LogP contribution in [0.3, 0.4) is 0 Å². The van der Waals surface area contributed by atoms with E-state index in [1.165, 1.54) is 21.8 Å². The quantitative estimate of drug-likeness (QED) is 0.420. The molecule has 0 aliphatic carbocycles. The van der Waals surface area contributed by atoms with Gasteiger partial charge < -0.3 is 15.1 Å². The Morgan fingerprint density at radius 3 is 2.70 bits per heavy atom. The maximum Gasteiger partial charge on any atom is 0.312 e. The van der Waals surface area contributed by atoms with Crippen LogP contribution in [-0.2, 0) is 24.9 Å². The highest BCUT2D eigenvalue weighted by atomic mass is 16.6. The first-order valence-corrected chi connectivity index (χ1v) is 9.08. The molecule has 30 heavy (non-hydrogen) atoms. The summed E-state index contributed by atoms with van der Waals surface area (Å²) >= 11 is 0. The predicted octanol–water partition coefficient (Wildman–Crippen LogP) is 1.69. The van der Waals surface area contributed by atoms with E-state index >= 15 is 0 Å². The van der Waals surface area contributed by atoms with Gasteiger partial charge in [0.1, 0.15) is 17.1 Å². The van der Waals surface area contributed by atoms with Crippen LogP contribution in [0.4, 0.5) is 11.4 Å². The Kier molecular flexibility index (Phi) is 5.95. The van der Waals surface area contributed by atoms with E-state index in [4.69, 9.17) is 4.42 Å². The maximum absolute atomic E-state index is 12.4. The molecular weight excluding hydrogens is 394 g/mol. The van der Waals surface area contributed by atoms with Crippen molar-refractivity contribution in [3.05, 3.63) is 57.5 Å². The van der Waals surface area contributed by atoms with Gasteiger partial charge in [0, 0.05) is 19.7 Å². The first-order chi connectivity index (χ1) is 14.3. The van der Waals surface area contributed by atoms with Crippen LogP contribution in [0.2, 0.25) is 0 Å². The first-order valence-electron chi connectivity index (χ1n) is 9.08. The Hall–Kier alpha value is -3.96. The third-order valence-corrected chi connectivity index (χ3v) is 4.40. The number of nitro groups is 1. The number of aryl methyl sites for hydroxylation is 3. The molecule has 0 saturated carbocycles. The number of hydrogen-bond acceptors (Lipinski definition) is 7. The van der Waals surface area contributed by atoms with Gasteiger partial charge in [0.2, 0.25) is 5.91 Å². The zero-order valence-electron chi connectivity index (χ0n) is 16.7. The van der Waals surface area contributed by atoms with E-state index in [0.717, 1.165) is 0 Å². The van der Waals surface area contributed by atoms with E-state index in [1.807, 2.05) is 0 Å².